The predicted molar refractivity (Wildman–Crippen MR) is 70.5 cm³/mol. The van der Waals surface area contributed by atoms with E-state index in [2.05, 4.69) is 28.4 Å². The van der Waals surface area contributed by atoms with Crippen LogP contribution in [0.25, 0.3) is 0 Å². The molecule has 0 radical (unpaired) electrons. The SMILES string of the molecule is CCNC(CN1CCc2ccccc2C1)C(=O)O. The molecular formula is C14H20N2O2. The molecule has 1 aromatic rings. The summed E-state index contributed by atoms with van der Waals surface area (Å²) in [7, 11) is 0. The highest BCUT2D eigenvalue weighted by Crippen LogP contribution is 2.18. The predicted octanol–water partition coefficient (Wildman–Crippen LogP) is 1.11. The summed E-state index contributed by atoms with van der Waals surface area (Å²) >= 11 is 0. The Hall–Kier alpha value is -1.39. The van der Waals surface area contributed by atoms with Crippen molar-refractivity contribution in [2.45, 2.75) is 25.9 Å². The van der Waals surface area contributed by atoms with E-state index in [1.807, 2.05) is 13.0 Å². The number of nitrogens with zero attached hydrogens (tertiary/aromatic N) is 1. The second-order valence-electron chi connectivity index (χ2n) is 4.70. The molecule has 1 aliphatic rings. The van der Waals surface area contributed by atoms with Crippen molar-refractivity contribution in [3.8, 4) is 0 Å². The van der Waals surface area contributed by atoms with Gasteiger partial charge in [-0.1, -0.05) is 31.2 Å². The second kappa shape index (κ2) is 5.98. The van der Waals surface area contributed by atoms with E-state index in [9.17, 15) is 4.79 Å². The first kappa shape index (κ1) is 13.1. The molecule has 0 aliphatic carbocycles. The highest BCUT2D eigenvalue weighted by Gasteiger charge is 2.22. The highest BCUT2D eigenvalue weighted by molar-refractivity contribution is 5.73. The molecule has 1 atom stereocenters. The molecule has 0 saturated carbocycles. The number of hydrogen-bond acceptors (Lipinski definition) is 3. The van der Waals surface area contributed by atoms with Gasteiger partial charge in [-0.15, -0.1) is 0 Å². The van der Waals surface area contributed by atoms with Crippen LogP contribution in [0.2, 0.25) is 0 Å². The number of hydrogen-bond donors (Lipinski definition) is 2. The molecule has 0 amide bonds. The summed E-state index contributed by atoms with van der Waals surface area (Å²) in [5.41, 5.74) is 2.72. The maximum absolute atomic E-state index is 11.1. The number of carboxylic acids is 1. The Morgan fingerprint density at radius 1 is 1.44 bits per heavy atom. The summed E-state index contributed by atoms with van der Waals surface area (Å²) in [5, 5.41) is 12.2. The topological polar surface area (TPSA) is 52.6 Å². The van der Waals surface area contributed by atoms with E-state index in [4.69, 9.17) is 5.11 Å². The third kappa shape index (κ3) is 3.09. The van der Waals surface area contributed by atoms with Gasteiger partial charge >= 0.3 is 5.97 Å². The van der Waals surface area contributed by atoms with Crippen LogP contribution < -0.4 is 5.32 Å². The van der Waals surface area contributed by atoms with E-state index in [-0.39, 0.29) is 0 Å². The molecule has 2 rings (SSSR count). The van der Waals surface area contributed by atoms with Crippen LogP contribution in [0.15, 0.2) is 24.3 Å². The van der Waals surface area contributed by atoms with E-state index in [0.29, 0.717) is 13.1 Å². The van der Waals surface area contributed by atoms with Crippen molar-refractivity contribution in [2.24, 2.45) is 0 Å². The van der Waals surface area contributed by atoms with Gasteiger partial charge in [0.05, 0.1) is 0 Å². The molecule has 0 fully saturated rings. The molecule has 0 spiro atoms. The summed E-state index contributed by atoms with van der Waals surface area (Å²) in [5.74, 6) is -0.768. The van der Waals surface area contributed by atoms with Crippen molar-refractivity contribution in [3.05, 3.63) is 35.4 Å². The van der Waals surface area contributed by atoms with Gasteiger partial charge in [0, 0.05) is 19.6 Å². The number of carbonyl (C=O) groups is 1. The third-order valence-corrected chi connectivity index (χ3v) is 3.40. The van der Waals surface area contributed by atoms with Crippen molar-refractivity contribution in [2.75, 3.05) is 19.6 Å². The monoisotopic (exact) mass is 248 g/mol. The Balaban J connectivity index is 1.98. The molecule has 1 aliphatic heterocycles. The van der Waals surface area contributed by atoms with E-state index < -0.39 is 12.0 Å². The van der Waals surface area contributed by atoms with Gasteiger partial charge in [0.2, 0.25) is 0 Å². The minimum absolute atomic E-state index is 0.472. The lowest BCUT2D eigenvalue weighted by Gasteiger charge is -2.30. The van der Waals surface area contributed by atoms with Gasteiger partial charge in [-0.3, -0.25) is 9.69 Å². The number of carboxylic acid groups (broad SMARTS) is 1. The fraction of sp³-hybridized carbons (Fsp3) is 0.500. The molecule has 0 saturated heterocycles. The lowest BCUT2D eigenvalue weighted by atomic mass is 9.99. The molecule has 4 heteroatoms. The van der Waals surface area contributed by atoms with Crippen LogP contribution in [-0.2, 0) is 17.8 Å². The number of fused-ring (bicyclic) bond motifs is 1. The van der Waals surface area contributed by atoms with E-state index in [0.717, 1.165) is 19.5 Å². The third-order valence-electron chi connectivity index (χ3n) is 3.40. The van der Waals surface area contributed by atoms with Crippen molar-refractivity contribution in [1.82, 2.24) is 10.2 Å². The van der Waals surface area contributed by atoms with Crippen molar-refractivity contribution < 1.29 is 9.90 Å². The van der Waals surface area contributed by atoms with Crippen LogP contribution in [0.1, 0.15) is 18.1 Å². The highest BCUT2D eigenvalue weighted by atomic mass is 16.4. The number of likely N-dealkylation sites (N-methyl/N-ethyl adjacent to an activating group) is 1. The molecule has 2 N–H and O–H groups in total. The lowest BCUT2D eigenvalue weighted by Crippen LogP contribution is -2.47. The summed E-state index contributed by atoms with van der Waals surface area (Å²) in [4.78, 5) is 13.3. The van der Waals surface area contributed by atoms with Crippen LogP contribution in [0.3, 0.4) is 0 Å². The molecule has 0 bridgehead atoms. The Morgan fingerprint density at radius 3 is 2.83 bits per heavy atom. The van der Waals surface area contributed by atoms with Gasteiger partial charge in [-0.25, -0.2) is 0 Å². The summed E-state index contributed by atoms with van der Waals surface area (Å²) in [6.07, 6.45) is 1.01. The van der Waals surface area contributed by atoms with Gasteiger partial charge in [0.15, 0.2) is 0 Å². The van der Waals surface area contributed by atoms with Crippen molar-refractivity contribution in [1.29, 1.82) is 0 Å². The largest absolute Gasteiger partial charge is 0.480 e. The Morgan fingerprint density at radius 2 is 2.17 bits per heavy atom. The van der Waals surface area contributed by atoms with Crippen molar-refractivity contribution in [3.63, 3.8) is 0 Å². The zero-order valence-corrected chi connectivity index (χ0v) is 10.7. The zero-order chi connectivity index (χ0) is 13.0. The average Bonchev–Trinajstić information content (AvgIpc) is 2.38. The van der Waals surface area contributed by atoms with E-state index in [1.54, 1.807) is 0 Å². The first-order valence-corrected chi connectivity index (χ1v) is 6.46. The van der Waals surface area contributed by atoms with Gasteiger partial charge in [0.1, 0.15) is 6.04 Å². The Kier molecular flexibility index (Phi) is 4.33. The van der Waals surface area contributed by atoms with E-state index >= 15 is 0 Å². The number of nitrogens with one attached hydrogen (secondary N) is 1. The molecular weight excluding hydrogens is 228 g/mol. The maximum atomic E-state index is 11.1. The van der Waals surface area contributed by atoms with Gasteiger partial charge in [-0.2, -0.15) is 0 Å². The lowest BCUT2D eigenvalue weighted by molar-refractivity contribution is -0.140. The molecule has 98 valence electrons. The molecule has 1 aromatic carbocycles. The van der Waals surface area contributed by atoms with Crippen LogP contribution in [0.5, 0.6) is 0 Å². The second-order valence-corrected chi connectivity index (χ2v) is 4.70. The van der Waals surface area contributed by atoms with Gasteiger partial charge in [-0.05, 0) is 24.1 Å². The molecule has 1 heterocycles. The normalized spacial score (nSPS) is 17.2. The Bertz CT molecular complexity index is 420. The van der Waals surface area contributed by atoms with E-state index in [1.165, 1.54) is 11.1 Å². The van der Waals surface area contributed by atoms with Gasteiger partial charge in [0.25, 0.3) is 0 Å². The molecule has 4 nitrogen and oxygen atoms in total. The standard InChI is InChI=1S/C14H20N2O2/c1-2-15-13(14(17)18)10-16-8-7-11-5-3-4-6-12(11)9-16/h3-6,13,15H,2,7-10H2,1H3,(H,17,18). The zero-order valence-electron chi connectivity index (χ0n) is 10.7. The van der Waals surface area contributed by atoms with Crippen LogP contribution in [0.4, 0.5) is 0 Å². The summed E-state index contributed by atoms with van der Waals surface area (Å²) < 4.78 is 0. The quantitative estimate of drug-likeness (QED) is 0.819. The van der Waals surface area contributed by atoms with Crippen molar-refractivity contribution >= 4 is 5.97 Å². The number of rotatable bonds is 5. The average molecular weight is 248 g/mol. The molecule has 0 aromatic heterocycles. The van der Waals surface area contributed by atoms with Crippen LogP contribution >= 0.6 is 0 Å². The maximum Gasteiger partial charge on any atom is 0.322 e. The summed E-state index contributed by atoms with van der Waals surface area (Å²) in [6, 6.07) is 7.92. The number of aliphatic carboxylic acids is 1. The van der Waals surface area contributed by atoms with Gasteiger partial charge < -0.3 is 10.4 Å². The first-order valence-electron chi connectivity index (χ1n) is 6.46. The first-order chi connectivity index (χ1) is 8.70. The number of benzene rings is 1. The minimum Gasteiger partial charge on any atom is -0.480 e. The van der Waals surface area contributed by atoms with Crippen LogP contribution in [-0.4, -0.2) is 41.7 Å². The Labute approximate surface area is 108 Å². The minimum atomic E-state index is -0.768. The fourth-order valence-electron chi connectivity index (χ4n) is 2.44. The van der Waals surface area contributed by atoms with Crippen LogP contribution in [0, 0.1) is 0 Å². The smallest absolute Gasteiger partial charge is 0.322 e. The summed E-state index contributed by atoms with van der Waals surface area (Å²) in [6.45, 7) is 4.97. The molecule has 1 unspecified atom stereocenters. The molecule has 18 heavy (non-hydrogen) atoms. The fourth-order valence-corrected chi connectivity index (χ4v) is 2.44.